The highest BCUT2D eigenvalue weighted by molar-refractivity contribution is 7.93. The molecule has 0 spiro atoms. The molecular formula is C18H19NO6PS-3. The Bertz CT molecular complexity index is 1130. The van der Waals surface area contributed by atoms with Gasteiger partial charge in [0.25, 0.3) is 0 Å². The van der Waals surface area contributed by atoms with E-state index in [9.17, 15) is 27.3 Å². The van der Waals surface area contributed by atoms with Crippen molar-refractivity contribution in [1.82, 2.24) is 4.57 Å². The van der Waals surface area contributed by atoms with E-state index < -0.39 is 29.1 Å². The summed E-state index contributed by atoms with van der Waals surface area (Å²) in [4.78, 5) is 19.7. The van der Waals surface area contributed by atoms with Crippen molar-refractivity contribution in [3.05, 3.63) is 48.0 Å². The molecule has 0 radical (unpaired) electrons. The predicted molar refractivity (Wildman–Crippen MR) is 99.1 cm³/mol. The molecule has 0 N–H and O–H groups in total. The van der Waals surface area contributed by atoms with E-state index in [-0.39, 0.29) is 6.42 Å². The van der Waals surface area contributed by atoms with Gasteiger partial charge in [-0.05, 0) is 49.9 Å². The lowest BCUT2D eigenvalue weighted by Crippen LogP contribution is -2.32. The molecule has 0 aliphatic rings. The Kier molecular flexibility index (Phi) is 5.47. The molecule has 1 unspecified atom stereocenters. The minimum absolute atomic E-state index is 0.110. The highest BCUT2D eigenvalue weighted by Gasteiger charge is 2.20. The van der Waals surface area contributed by atoms with E-state index in [0.717, 1.165) is 33.9 Å². The van der Waals surface area contributed by atoms with Crippen LogP contribution in [-0.4, -0.2) is 22.5 Å². The highest BCUT2D eigenvalue weighted by Crippen LogP contribution is 2.38. The Morgan fingerprint density at radius 3 is 2.37 bits per heavy atom. The van der Waals surface area contributed by atoms with Gasteiger partial charge in [0.05, 0.1) is 4.99 Å². The van der Waals surface area contributed by atoms with Crippen LogP contribution in [0.5, 0.6) is 0 Å². The van der Waals surface area contributed by atoms with Gasteiger partial charge in [-0.25, -0.2) is 8.42 Å². The second-order valence-electron chi connectivity index (χ2n) is 6.49. The molecule has 2 aromatic carbocycles. The van der Waals surface area contributed by atoms with Crippen LogP contribution in [0.25, 0.3) is 21.8 Å². The molecule has 0 saturated carbocycles. The monoisotopic (exact) mass is 408 g/mol. The van der Waals surface area contributed by atoms with Gasteiger partial charge in [-0.1, -0.05) is 31.9 Å². The van der Waals surface area contributed by atoms with E-state index in [4.69, 9.17) is 0 Å². The van der Waals surface area contributed by atoms with Gasteiger partial charge in [-0.3, -0.25) is 0 Å². The van der Waals surface area contributed by atoms with Crippen molar-refractivity contribution in [2.45, 2.75) is 37.7 Å². The minimum atomic E-state index is -5.49. The van der Waals surface area contributed by atoms with Crippen LogP contribution in [0, 0.1) is 0 Å². The Balaban J connectivity index is 1.86. The van der Waals surface area contributed by atoms with Gasteiger partial charge >= 0.3 is 0 Å². The zero-order valence-corrected chi connectivity index (χ0v) is 16.4. The van der Waals surface area contributed by atoms with Crippen LogP contribution in [0.1, 0.15) is 25.3 Å². The normalized spacial score (nSPS) is 14.1. The fourth-order valence-electron chi connectivity index (χ4n) is 3.54. The first-order valence-corrected chi connectivity index (χ1v) is 11.7. The van der Waals surface area contributed by atoms with Crippen LogP contribution in [0.3, 0.4) is 0 Å². The Hall–Kier alpha value is -1.70. The van der Waals surface area contributed by atoms with Gasteiger partial charge < -0.3 is 23.5 Å². The zero-order valence-electron chi connectivity index (χ0n) is 14.7. The van der Waals surface area contributed by atoms with Crippen LogP contribution in [0.2, 0.25) is 0 Å². The van der Waals surface area contributed by atoms with Gasteiger partial charge in [0.2, 0.25) is 0 Å². The SMILES string of the molecule is CCn1c2ccccc2c2cc(CCCC(P(=O)([O-])[O-])S(=O)(=O)[O-])ccc21. The van der Waals surface area contributed by atoms with Crippen molar-refractivity contribution in [2.24, 2.45) is 0 Å². The fraction of sp³-hybridized carbons (Fsp3) is 0.333. The van der Waals surface area contributed by atoms with Crippen LogP contribution >= 0.6 is 7.60 Å². The van der Waals surface area contributed by atoms with E-state index in [1.54, 1.807) is 0 Å². The molecule has 27 heavy (non-hydrogen) atoms. The van der Waals surface area contributed by atoms with Gasteiger partial charge in [0.15, 0.2) is 0 Å². The van der Waals surface area contributed by atoms with Crippen molar-refractivity contribution in [1.29, 1.82) is 0 Å². The number of hydrogen-bond donors (Lipinski definition) is 0. The molecule has 146 valence electrons. The van der Waals surface area contributed by atoms with E-state index in [1.807, 2.05) is 42.5 Å². The molecule has 0 amide bonds. The highest BCUT2D eigenvalue weighted by atomic mass is 32.2. The third-order valence-corrected chi connectivity index (χ3v) is 8.17. The van der Waals surface area contributed by atoms with Crippen molar-refractivity contribution < 1.29 is 27.3 Å². The van der Waals surface area contributed by atoms with Crippen molar-refractivity contribution in [2.75, 3.05) is 0 Å². The Morgan fingerprint density at radius 1 is 1.07 bits per heavy atom. The van der Waals surface area contributed by atoms with E-state index >= 15 is 0 Å². The lowest BCUT2D eigenvalue weighted by Gasteiger charge is -2.39. The van der Waals surface area contributed by atoms with Gasteiger partial charge in [-0.2, -0.15) is 0 Å². The third-order valence-electron chi connectivity index (χ3n) is 4.76. The Labute approximate surface area is 157 Å². The first-order chi connectivity index (χ1) is 12.6. The van der Waals surface area contributed by atoms with Gasteiger partial charge in [-0.15, -0.1) is 0 Å². The van der Waals surface area contributed by atoms with E-state index in [2.05, 4.69) is 11.5 Å². The minimum Gasteiger partial charge on any atom is -0.810 e. The number of aromatic nitrogens is 1. The average Bonchev–Trinajstić information content (AvgIpc) is 2.89. The number of fused-ring (bicyclic) bond motifs is 3. The Morgan fingerprint density at radius 2 is 1.74 bits per heavy atom. The summed E-state index contributed by atoms with van der Waals surface area (Å²) in [5, 5.41) is 2.15. The summed E-state index contributed by atoms with van der Waals surface area (Å²) in [5.74, 6) is 0. The molecule has 7 nitrogen and oxygen atoms in total. The number of para-hydroxylation sites is 1. The van der Waals surface area contributed by atoms with Crippen molar-refractivity contribution in [3.8, 4) is 0 Å². The molecule has 3 rings (SSSR count). The molecule has 9 heteroatoms. The van der Waals surface area contributed by atoms with Crippen LogP contribution in [-0.2, 0) is 27.6 Å². The van der Waals surface area contributed by atoms with Crippen molar-refractivity contribution in [3.63, 3.8) is 0 Å². The second-order valence-corrected chi connectivity index (χ2v) is 10.1. The molecule has 0 aliphatic carbocycles. The molecular weight excluding hydrogens is 389 g/mol. The zero-order chi connectivity index (χ0) is 19.8. The first kappa shape index (κ1) is 20.0. The molecule has 1 aromatic heterocycles. The largest absolute Gasteiger partial charge is 0.810 e. The maximum atomic E-state index is 11.1. The number of benzene rings is 2. The molecule has 3 aromatic rings. The molecule has 1 atom stereocenters. The molecule has 0 saturated heterocycles. The van der Waals surface area contributed by atoms with Crippen LogP contribution < -0.4 is 9.79 Å². The summed E-state index contributed by atoms with van der Waals surface area (Å²) in [6.07, 6.45) is -0.0169. The maximum Gasteiger partial charge on any atom is 0.102 e. The smallest absolute Gasteiger partial charge is 0.102 e. The molecule has 0 fully saturated rings. The number of rotatable bonds is 7. The van der Waals surface area contributed by atoms with E-state index in [1.165, 1.54) is 0 Å². The number of aryl methyl sites for hydroxylation is 2. The van der Waals surface area contributed by atoms with Crippen molar-refractivity contribution >= 4 is 39.5 Å². The first-order valence-electron chi connectivity index (χ1n) is 8.59. The average molecular weight is 408 g/mol. The van der Waals surface area contributed by atoms with Crippen LogP contribution in [0.4, 0.5) is 0 Å². The maximum absolute atomic E-state index is 11.1. The summed E-state index contributed by atoms with van der Waals surface area (Å²) >= 11 is 0. The molecule has 0 bridgehead atoms. The lowest BCUT2D eigenvalue weighted by molar-refractivity contribution is -0.314. The lowest BCUT2D eigenvalue weighted by atomic mass is 10.0. The van der Waals surface area contributed by atoms with Crippen LogP contribution in [0.15, 0.2) is 42.5 Å². The van der Waals surface area contributed by atoms with E-state index in [0.29, 0.717) is 6.42 Å². The summed E-state index contributed by atoms with van der Waals surface area (Å²) in [7, 11) is -10.7. The number of nitrogens with zero attached hydrogens (tertiary/aromatic N) is 1. The summed E-state index contributed by atoms with van der Waals surface area (Å²) in [6, 6.07) is 13.9. The predicted octanol–water partition coefficient (Wildman–Crippen LogP) is 1.92. The summed E-state index contributed by atoms with van der Waals surface area (Å²) in [5.41, 5.74) is 3.07. The third kappa shape index (κ3) is 4.10. The quantitative estimate of drug-likeness (QED) is 0.434. The topological polar surface area (TPSA) is 125 Å². The fourth-order valence-corrected chi connectivity index (χ4v) is 5.76. The number of hydrogen-bond acceptors (Lipinski definition) is 6. The standard InChI is InChI=1S/C18H22NO6PS/c1-2-19-16-8-4-3-7-14(16)15-12-13(10-11-17(15)19)6-5-9-18(26(20,21)22)27(23,24)25/h3-4,7-8,10-12,18H,2,5-6,9H2,1H3,(H2,20,21,22)(H,23,24,25)/p-3. The van der Waals surface area contributed by atoms with Gasteiger partial charge in [0, 0.05) is 28.4 Å². The summed E-state index contributed by atoms with van der Waals surface area (Å²) < 4.78 is 46.4. The molecule has 1 heterocycles. The molecule has 0 aliphatic heterocycles. The van der Waals surface area contributed by atoms with Gasteiger partial charge in [0.1, 0.15) is 10.1 Å². The summed E-state index contributed by atoms with van der Waals surface area (Å²) in [6.45, 7) is 2.88. The second kappa shape index (κ2) is 7.37.